The molecular weight excluding hydrogens is 256 g/mol. The first-order chi connectivity index (χ1) is 7.13. The highest BCUT2D eigenvalue weighted by Crippen LogP contribution is 2.23. The molecular formula is C11H13BrN2O. The fraction of sp³-hybridized carbons (Fsp3) is 0.364. The Bertz CT molecular complexity index is 493. The number of aliphatic hydroxyl groups is 1. The lowest BCUT2D eigenvalue weighted by atomic mass is 10.2. The van der Waals surface area contributed by atoms with Crippen LogP contribution in [-0.2, 0) is 0 Å². The fourth-order valence-corrected chi connectivity index (χ4v) is 2.07. The fourth-order valence-electron chi connectivity index (χ4n) is 1.75. The van der Waals surface area contributed by atoms with E-state index in [4.69, 9.17) is 0 Å². The normalized spacial score (nSPS) is 13.3. The average molecular weight is 269 g/mol. The minimum Gasteiger partial charge on any atom is -0.387 e. The first kappa shape index (κ1) is 10.6. The molecule has 0 aliphatic heterocycles. The van der Waals surface area contributed by atoms with E-state index in [0.29, 0.717) is 6.42 Å². The summed E-state index contributed by atoms with van der Waals surface area (Å²) in [5.74, 6) is 0. The van der Waals surface area contributed by atoms with Crippen LogP contribution in [0.2, 0.25) is 0 Å². The second kappa shape index (κ2) is 3.94. The number of rotatable bonds is 2. The zero-order valence-corrected chi connectivity index (χ0v) is 10.3. The van der Waals surface area contributed by atoms with Gasteiger partial charge >= 0.3 is 0 Å². The Balaban J connectivity index is 2.68. The van der Waals surface area contributed by atoms with Gasteiger partial charge < -0.3 is 9.51 Å². The van der Waals surface area contributed by atoms with Crippen molar-refractivity contribution in [1.82, 2.24) is 9.38 Å². The number of hydrogen-bond acceptors (Lipinski definition) is 2. The second-order valence-electron chi connectivity index (χ2n) is 3.58. The van der Waals surface area contributed by atoms with Gasteiger partial charge in [-0.2, -0.15) is 0 Å². The predicted molar refractivity (Wildman–Crippen MR) is 62.9 cm³/mol. The van der Waals surface area contributed by atoms with E-state index >= 15 is 0 Å². The van der Waals surface area contributed by atoms with E-state index in [1.165, 1.54) is 0 Å². The third kappa shape index (κ3) is 1.79. The van der Waals surface area contributed by atoms with E-state index in [0.717, 1.165) is 21.5 Å². The highest BCUT2D eigenvalue weighted by molar-refractivity contribution is 9.10. The molecule has 1 atom stereocenters. The Labute approximate surface area is 96.9 Å². The van der Waals surface area contributed by atoms with E-state index in [1.807, 2.05) is 36.6 Å². The van der Waals surface area contributed by atoms with Crippen molar-refractivity contribution in [2.75, 3.05) is 0 Å². The summed E-state index contributed by atoms with van der Waals surface area (Å²) in [6, 6.07) is 3.89. The molecule has 2 aromatic heterocycles. The van der Waals surface area contributed by atoms with Crippen LogP contribution in [0.3, 0.4) is 0 Å². The topological polar surface area (TPSA) is 37.5 Å². The second-order valence-corrected chi connectivity index (χ2v) is 4.50. The summed E-state index contributed by atoms with van der Waals surface area (Å²) in [4.78, 5) is 4.42. The van der Waals surface area contributed by atoms with Crippen LogP contribution in [-0.4, -0.2) is 14.5 Å². The lowest BCUT2D eigenvalue weighted by Gasteiger charge is -2.08. The minimum absolute atomic E-state index is 0.443. The summed E-state index contributed by atoms with van der Waals surface area (Å²) < 4.78 is 2.94. The number of fused-ring (bicyclic) bond motifs is 1. The summed E-state index contributed by atoms with van der Waals surface area (Å²) in [6.07, 6.45) is 2.18. The van der Waals surface area contributed by atoms with Crippen LogP contribution in [0, 0.1) is 6.92 Å². The van der Waals surface area contributed by atoms with Crippen molar-refractivity contribution in [3.05, 3.63) is 34.2 Å². The summed E-state index contributed by atoms with van der Waals surface area (Å²) >= 11 is 3.40. The van der Waals surface area contributed by atoms with Gasteiger partial charge in [0.05, 0.1) is 17.5 Å². The molecule has 0 saturated carbocycles. The van der Waals surface area contributed by atoms with Crippen LogP contribution in [0.5, 0.6) is 0 Å². The van der Waals surface area contributed by atoms with Crippen molar-refractivity contribution in [1.29, 1.82) is 0 Å². The SMILES string of the molecule is CCC(O)c1c(C)nc2cc(Br)ccn12. The van der Waals surface area contributed by atoms with Crippen molar-refractivity contribution in [3.63, 3.8) is 0 Å². The molecule has 0 aliphatic rings. The number of hydrogen-bond donors (Lipinski definition) is 1. The molecule has 15 heavy (non-hydrogen) atoms. The standard InChI is InChI=1S/C11H13BrN2O/c1-3-9(15)11-7(2)13-10-6-8(12)4-5-14(10)11/h4-6,9,15H,3H2,1-2H3. The van der Waals surface area contributed by atoms with Gasteiger partial charge in [0.1, 0.15) is 5.65 Å². The molecule has 2 rings (SSSR count). The molecule has 1 unspecified atom stereocenters. The van der Waals surface area contributed by atoms with Crippen LogP contribution in [0.4, 0.5) is 0 Å². The van der Waals surface area contributed by atoms with Crippen molar-refractivity contribution in [2.24, 2.45) is 0 Å². The summed E-state index contributed by atoms with van der Waals surface area (Å²) in [5.41, 5.74) is 2.65. The minimum atomic E-state index is -0.443. The number of pyridine rings is 1. The third-order valence-corrected chi connectivity index (χ3v) is 3.00. The third-order valence-electron chi connectivity index (χ3n) is 2.51. The quantitative estimate of drug-likeness (QED) is 0.910. The van der Waals surface area contributed by atoms with Gasteiger partial charge in [0.2, 0.25) is 0 Å². The molecule has 0 fully saturated rings. The van der Waals surface area contributed by atoms with Crippen LogP contribution < -0.4 is 0 Å². The predicted octanol–water partition coefficient (Wildman–Crippen LogP) is 2.85. The monoisotopic (exact) mass is 268 g/mol. The van der Waals surface area contributed by atoms with Gasteiger partial charge in [-0.05, 0) is 25.5 Å². The zero-order chi connectivity index (χ0) is 11.0. The molecule has 0 amide bonds. The number of imidazole rings is 1. The number of aryl methyl sites for hydroxylation is 1. The van der Waals surface area contributed by atoms with Crippen molar-refractivity contribution in [2.45, 2.75) is 26.4 Å². The Hall–Kier alpha value is -0.870. The van der Waals surface area contributed by atoms with E-state index in [9.17, 15) is 5.11 Å². The van der Waals surface area contributed by atoms with Gasteiger partial charge in [-0.15, -0.1) is 0 Å². The summed E-state index contributed by atoms with van der Waals surface area (Å²) in [6.45, 7) is 3.89. The Kier molecular flexibility index (Phi) is 2.80. The maximum absolute atomic E-state index is 9.89. The van der Waals surface area contributed by atoms with Crippen LogP contribution in [0.1, 0.15) is 30.8 Å². The van der Waals surface area contributed by atoms with Crippen LogP contribution in [0.25, 0.3) is 5.65 Å². The van der Waals surface area contributed by atoms with Gasteiger partial charge in [-0.25, -0.2) is 4.98 Å². The molecule has 0 spiro atoms. The largest absolute Gasteiger partial charge is 0.387 e. The van der Waals surface area contributed by atoms with Gasteiger partial charge in [0.25, 0.3) is 0 Å². The molecule has 0 aromatic carbocycles. The first-order valence-corrected chi connectivity index (χ1v) is 5.75. The molecule has 3 nitrogen and oxygen atoms in total. The van der Waals surface area contributed by atoms with Crippen molar-refractivity contribution < 1.29 is 5.11 Å². The summed E-state index contributed by atoms with van der Waals surface area (Å²) in [5, 5.41) is 9.89. The van der Waals surface area contributed by atoms with E-state index in [2.05, 4.69) is 20.9 Å². The Morgan fingerprint density at radius 1 is 1.60 bits per heavy atom. The number of aliphatic hydroxyl groups excluding tert-OH is 1. The number of aromatic nitrogens is 2. The van der Waals surface area contributed by atoms with Gasteiger partial charge in [-0.3, -0.25) is 0 Å². The smallest absolute Gasteiger partial charge is 0.138 e. The molecule has 2 heterocycles. The molecule has 0 radical (unpaired) electrons. The highest BCUT2D eigenvalue weighted by atomic mass is 79.9. The summed E-state index contributed by atoms with van der Waals surface area (Å²) in [7, 11) is 0. The molecule has 0 bridgehead atoms. The average Bonchev–Trinajstić information content (AvgIpc) is 2.52. The molecule has 80 valence electrons. The van der Waals surface area contributed by atoms with Gasteiger partial charge in [0.15, 0.2) is 0 Å². The highest BCUT2D eigenvalue weighted by Gasteiger charge is 2.15. The lowest BCUT2D eigenvalue weighted by molar-refractivity contribution is 0.167. The molecule has 2 aromatic rings. The van der Waals surface area contributed by atoms with E-state index < -0.39 is 6.10 Å². The maximum Gasteiger partial charge on any atom is 0.138 e. The zero-order valence-electron chi connectivity index (χ0n) is 8.74. The lowest BCUT2D eigenvalue weighted by Crippen LogP contribution is -2.01. The Morgan fingerprint density at radius 3 is 3.00 bits per heavy atom. The molecule has 4 heteroatoms. The molecule has 0 aliphatic carbocycles. The van der Waals surface area contributed by atoms with Crippen LogP contribution in [0.15, 0.2) is 22.8 Å². The van der Waals surface area contributed by atoms with Gasteiger partial charge in [0, 0.05) is 10.7 Å². The van der Waals surface area contributed by atoms with Crippen LogP contribution >= 0.6 is 15.9 Å². The molecule has 0 saturated heterocycles. The van der Waals surface area contributed by atoms with E-state index in [1.54, 1.807) is 0 Å². The first-order valence-electron chi connectivity index (χ1n) is 4.95. The number of halogens is 1. The maximum atomic E-state index is 9.89. The van der Waals surface area contributed by atoms with E-state index in [-0.39, 0.29) is 0 Å². The molecule has 1 N–H and O–H groups in total. The van der Waals surface area contributed by atoms with Crippen molar-refractivity contribution >= 4 is 21.6 Å². The van der Waals surface area contributed by atoms with Gasteiger partial charge in [-0.1, -0.05) is 22.9 Å². The number of nitrogens with zero attached hydrogens (tertiary/aromatic N) is 2. The van der Waals surface area contributed by atoms with Crippen molar-refractivity contribution in [3.8, 4) is 0 Å². The Morgan fingerprint density at radius 2 is 2.33 bits per heavy atom.